The van der Waals surface area contributed by atoms with Crippen molar-refractivity contribution in [2.45, 2.75) is 57.3 Å². The molecule has 13 heteroatoms. The van der Waals surface area contributed by atoms with Crippen molar-refractivity contribution in [1.82, 2.24) is 20.9 Å². The van der Waals surface area contributed by atoms with E-state index < -0.39 is 60.2 Å². The molecule has 0 spiro atoms. The van der Waals surface area contributed by atoms with Gasteiger partial charge in [0.05, 0.1) is 12.5 Å². The van der Waals surface area contributed by atoms with Crippen molar-refractivity contribution < 1.29 is 29.1 Å². The van der Waals surface area contributed by atoms with Crippen molar-refractivity contribution in [3.8, 4) is 0 Å². The normalized spacial score (nSPS) is 15.1. The van der Waals surface area contributed by atoms with Crippen LogP contribution in [-0.2, 0) is 30.4 Å². The van der Waals surface area contributed by atoms with Crippen LogP contribution in [0.2, 0.25) is 0 Å². The summed E-state index contributed by atoms with van der Waals surface area (Å²) in [5.41, 5.74) is 12.7. The number of carbonyl (C=O) groups is 5. The fourth-order valence-corrected chi connectivity index (χ4v) is 3.91. The van der Waals surface area contributed by atoms with E-state index in [0.717, 1.165) is 10.9 Å². The molecule has 0 radical (unpaired) electrons. The summed E-state index contributed by atoms with van der Waals surface area (Å²) in [6.45, 7) is 3.62. The Labute approximate surface area is 219 Å². The lowest BCUT2D eigenvalue weighted by atomic mass is 9.99. The first-order valence-electron chi connectivity index (χ1n) is 11.8. The number of fused-ring (bicyclic) bond motifs is 1. The first kappa shape index (κ1) is 29.6. The maximum Gasteiger partial charge on any atom is 0.326 e. The van der Waals surface area contributed by atoms with E-state index in [1.54, 1.807) is 13.1 Å². The number of carbonyl (C=O) groups excluding carboxylic acids is 4. The van der Waals surface area contributed by atoms with Gasteiger partial charge in [0.1, 0.15) is 18.1 Å². The van der Waals surface area contributed by atoms with Gasteiger partial charge >= 0.3 is 5.97 Å². The van der Waals surface area contributed by atoms with Crippen molar-refractivity contribution in [3.63, 3.8) is 0 Å². The minimum absolute atomic E-state index is 0.00775. The molecule has 0 fully saturated rings. The molecule has 2 rings (SSSR count). The molecule has 1 heterocycles. The minimum atomic E-state index is -1.38. The zero-order chi connectivity index (χ0) is 27.7. The van der Waals surface area contributed by atoms with E-state index in [1.807, 2.05) is 31.2 Å². The Morgan fingerprint density at radius 1 is 1.00 bits per heavy atom. The highest BCUT2D eigenvalue weighted by atomic mass is 32.1. The zero-order valence-corrected chi connectivity index (χ0v) is 21.6. The fraction of sp³-hybridized carbons (Fsp3) is 0.458. The second kappa shape index (κ2) is 13.7. The Balaban J connectivity index is 2.11. The minimum Gasteiger partial charge on any atom is -0.480 e. The highest BCUT2D eigenvalue weighted by molar-refractivity contribution is 7.80. The van der Waals surface area contributed by atoms with Crippen molar-refractivity contribution >= 4 is 53.1 Å². The molecular formula is C24H34N6O6S. The standard InChI is InChI=1S/C24H34N6O6S/c1-3-12(2)20(26)23(34)28-16(9-19(25)31)21(32)30-18(11-37)22(33)29-17(24(35)36)8-13-10-27-15-7-5-4-6-14(13)15/h4-7,10,12,16-18,20,27,37H,3,8-9,11,26H2,1-2H3,(H2,25,31)(H,28,34)(H,29,33)(H,30,32)(H,35,36). The van der Waals surface area contributed by atoms with E-state index in [1.165, 1.54) is 0 Å². The van der Waals surface area contributed by atoms with Crippen molar-refractivity contribution in [2.75, 3.05) is 5.75 Å². The molecular weight excluding hydrogens is 500 g/mol. The number of nitrogens with two attached hydrogens (primary N) is 2. The first-order chi connectivity index (χ1) is 17.5. The molecule has 0 saturated carbocycles. The van der Waals surface area contributed by atoms with Gasteiger partial charge in [-0.3, -0.25) is 19.2 Å². The fourth-order valence-electron chi connectivity index (χ4n) is 3.65. The Morgan fingerprint density at radius 2 is 1.59 bits per heavy atom. The van der Waals surface area contributed by atoms with E-state index in [0.29, 0.717) is 12.0 Å². The lowest BCUT2D eigenvalue weighted by molar-refractivity contribution is -0.142. The third-order valence-electron chi connectivity index (χ3n) is 6.13. The summed E-state index contributed by atoms with van der Waals surface area (Å²) in [5, 5.41) is 17.7. The Bertz CT molecular complexity index is 1140. The quantitative estimate of drug-likeness (QED) is 0.148. The lowest BCUT2D eigenvalue weighted by Crippen LogP contribution is -2.58. The molecule has 37 heavy (non-hydrogen) atoms. The van der Waals surface area contributed by atoms with Crippen LogP contribution in [-0.4, -0.2) is 69.6 Å². The van der Waals surface area contributed by atoms with E-state index in [-0.39, 0.29) is 18.1 Å². The topological polar surface area (TPSA) is 209 Å². The Kier molecular flexibility index (Phi) is 10.9. The molecule has 202 valence electrons. The number of hydrogen-bond acceptors (Lipinski definition) is 7. The second-order valence-corrected chi connectivity index (χ2v) is 9.21. The van der Waals surface area contributed by atoms with Crippen LogP contribution in [0, 0.1) is 5.92 Å². The van der Waals surface area contributed by atoms with Crippen LogP contribution >= 0.6 is 12.6 Å². The number of aromatic amines is 1. The number of nitrogens with one attached hydrogen (secondary N) is 4. The molecule has 4 amide bonds. The number of aromatic nitrogens is 1. The van der Waals surface area contributed by atoms with Gasteiger partial charge in [-0.25, -0.2) is 4.79 Å². The molecule has 0 saturated heterocycles. The molecule has 0 bridgehead atoms. The van der Waals surface area contributed by atoms with Gasteiger partial charge in [0.15, 0.2) is 0 Å². The zero-order valence-electron chi connectivity index (χ0n) is 20.7. The smallest absolute Gasteiger partial charge is 0.326 e. The monoisotopic (exact) mass is 534 g/mol. The highest BCUT2D eigenvalue weighted by Crippen LogP contribution is 2.19. The predicted octanol–water partition coefficient (Wildman–Crippen LogP) is -0.572. The van der Waals surface area contributed by atoms with Gasteiger partial charge in [-0.05, 0) is 17.5 Å². The second-order valence-electron chi connectivity index (χ2n) is 8.85. The van der Waals surface area contributed by atoms with Gasteiger partial charge in [0.25, 0.3) is 0 Å². The molecule has 12 nitrogen and oxygen atoms in total. The maximum absolute atomic E-state index is 12.9. The lowest BCUT2D eigenvalue weighted by Gasteiger charge is -2.25. The average molecular weight is 535 g/mol. The molecule has 0 aliphatic rings. The summed E-state index contributed by atoms with van der Waals surface area (Å²) in [6, 6.07) is 2.49. The summed E-state index contributed by atoms with van der Waals surface area (Å²) in [6.07, 6.45) is 1.76. The van der Waals surface area contributed by atoms with E-state index in [9.17, 15) is 29.1 Å². The molecule has 0 aliphatic carbocycles. The van der Waals surface area contributed by atoms with Crippen LogP contribution in [0.1, 0.15) is 32.3 Å². The first-order valence-corrected chi connectivity index (χ1v) is 12.4. The molecule has 9 N–H and O–H groups in total. The average Bonchev–Trinajstić information content (AvgIpc) is 3.27. The number of hydrogen-bond donors (Lipinski definition) is 8. The number of aliphatic carboxylic acids is 1. The number of H-pyrrole nitrogens is 1. The van der Waals surface area contributed by atoms with Crippen molar-refractivity contribution in [2.24, 2.45) is 17.4 Å². The molecule has 5 atom stereocenters. The molecule has 1 aromatic heterocycles. The van der Waals surface area contributed by atoms with Crippen molar-refractivity contribution in [1.29, 1.82) is 0 Å². The van der Waals surface area contributed by atoms with E-state index in [2.05, 4.69) is 33.6 Å². The summed E-state index contributed by atoms with van der Waals surface area (Å²) < 4.78 is 0. The summed E-state index contributed by atoms with van der Waals surface area (Å²) in [4.78, 5) is 64.6. The van der Waals surface area contributed by atoms with Crippen LogP contribution in [0.4, 0.5) is 0 Å². The third kappa shape index (κ3) is 8.22. The molecule has 2 aromatic rings. The van der Waals surface area contributed by atoms with Crippen LogP contribution < -0.4 is 27.4 Å². The molecule has 0 aliphatic heterocycles. The van der Waals surface area contributed by atoms with Crippen molar-refractivity contribution in [3.05, 3.63) is 36.0 Å². The summed E-state index contributed by atoms with van der Waals surface area (Å²) in [5.74, 6) is -4.78. The van der Waals surface area contributed by atoms with Gasteiger partial charge < -0.3 is 37.5 Å². The van der Waals surface area contributed by atoms with Crippen LogP contribution in [0.5, 0.6) is 0 Å². The van der Waals surface area contributed by atoms with Gasteiger partial charge in [0, 0.05) is 29.3 Å². The number of carboxylic acids is 1. The summed E-state index contributed by atoms with van der Waals surface area (Å²) in [7, 11) is 0. The van der Waals surface area contributed by atoms with Crippen LogP contribution in [0.15, 0.2) is 30.5 Å². The SMILES string of the molecule is CCC(C)C(N)C(=O)NC(CC(N)=O)C(=O)NC(CS)C(=O)NC(Cc1c[nH]c2ccccc12)C(=O)O. The summed E-state index contributed by atoms with van der Waals surface area (Å²) >= 11 is 4.09. The Hall–Kier alpha value is -3.58. The number of thiol groups is 1. The number of amides is 4. The number of benzene rings is 1. The van der Waals surface area contributed by atoms with Gasteiger partial charge in [-0.2, -0.15) is 12.6 Å². The largest absolute Gasteiger partial charge is 0.480 e. The van der Waals surface area contributed by atoms with Crippen LogP contribution in [0.25, 0.3) is 10.9 Å². The number of carboxylic acid groups (broad SMARTS) is 1. The van der Waals surface area contributed by atoms with E-state index in [4.69, 9.17) is 11.5 Å². The van der Waals surface area contributed by atoms with E-state index >= 15 is 0 Å². The number of para-hydroxylation sites is 1. The predicted molar refractivity (Wildman–Crippen MR) is 141 cm³/mol. The van der Waals surface area contributed by atoms with Gasteiger partial charge in [-0.15, -0.1) is 0 Å². The Morgan fingerprint density at radius 3 is 2.19 bits per heavy atom. The van der Waals surface area contributed by atoms with Crippen LogP contribution in [0.3, 0.4) is 0 Å². The highest BCUT2D eigenvalue weighted by Gasteiger charge is 2.31. The van der Waals surface area contributed by atoms with Gasteiger partial charge in [0.2, 0.25) is 23.6 Å². The number of primary amides is 1. The molecule has 1 aromatic carbocycles. The number of rotatable bonds is 14. The van der Waals surface area contributed by atoms with Gasteiger partial charge in [-0.1, -0.05) is 38.5 Å². The maximum atomic E-state index is 12.9. The third-order valence-corrected chi connectivity index (χ3v) is 6.49. The molecule has 5 unspecified atom stereocenters.